The van der Waals surface area contributed by atoms with Crippen LogP contribution in [0, 0.1) is 11.8 Å². The standard InChI is InChI=1S/C32H38N2O5S/c1-4-6-20-39-30(38)26-25-28(36)34(18-9-10-19-35)27(32(25)16-15-31(26,3)40-32)29(37)33(17-5-2)24-14-13-22-11-7-8-12-23(22)21-24/h4-5,7-8,11-14,21,25-27,35H,1-2,6,9-10,15-20H2,3H3/t25-,26-,27?,31+,32?/m0/s1. The largest absolute Gasteiger partial charge is 0.465 e. The lowest BCUT2D eigenvalue weighted by Crippen LogP contribution is -2.55. The summed E-state index contributed by atoms with van der Waals surface area (Å²) in [7, 11) is 0. The molecule has 1 N–H and O–H groups in total. The van der Waals surface area contributed by atoms with Crippen molar-refractivity contribution in [3.05, 3.63) is 67.8 Å². The van der Waals surface area contributed by atoms with E-state index in [1.54, 1.807) is 33.7 Å². The highest BCUT2D eigenvalue weighted by Gasteiger charge is 2.77. The van der Waals surface area contributed by atoms with E-state index in [1.165, 1.54) is 0 Å². The molecule has 3 saturated heterocycles. The number of amides is 2. The third-order valence-corrected chi connectivity index (χ3v) is 10.7. The van der Waals surface area contributed by atoms with Crippen LogP contribution in [0.5, 0.6) is 0 Å². The van der Waals surface area contributed by atoms with Gasteiger partial charge in [-0.1, -0.05) is 42.5 Å². The average Bonchev–Trinajstić information content (AvgIpc) is 3.52. The number of thioether (sulfide) groups is 1. The Bertz CT molecular complexity index is 1330. The van der Waals surface area contributed by atoms with Crippen LogP contribution >= 0.6 is 11.8 Å². The third-order valence-electron chi connectivity index (χ3n) is 8.76. The van der Waals surface area contributed by atoms with Crippen molar-refractivity contribution in [1.29, 1.82) is 0 Å². The zero-order chi connectivity index (χ0) is 28.5. The number of hydrogen-bond acceptors (Lipinski definition) is 6. The van der Waals surface area contributed by atoms with Gasteiger partial charge in [0.15, 0.2) is 0 Å². The first-order chi connectivity index (χ1) is 19.3. The van der Waals surface area contributed by atoms with Crippen molar-refractivity contribution in [2.45, 2.75) is 54.6 Å². The van der Waals surface area contributed by atoms with Crippen molar-refractivity contribution >= 4 is 46.0 Å². The first kappa shape index (κ1) is 28.4. The SMILES string of the molecule is C=CCCOC(=O)[C@@H]1[C@H]2C(=O)N(CCCCO)C(C(=O)N(CC=C)c3ccc4ccccc4c3)C23CC[C@@]1(C)S3. The summed E-state index contributed by atoms with van der Waals surface area (Å²) in [6, 6.07) is 13.2. The molecule has 0 radical (unpaired) electrons. The van der Waals surface area contributed by atoms with Gasteiger partial charge in [0.25, 0.3) is 5.91 Å². The number of carbonyl (C=O) groups excluding carboxylic acids is 3. The number of unbranched alkanes of at least 4 members (excludes halogenated alkanes) is 1. The lowest BCUT2D eigenvalue weighted by atomic mass is 9.66. The van der Waals surface area contributed by atoms with E-state index in [-0.39, 0.29) is 31.0 Å². The van der Waals surface area contributed by atoms with Crippen LogP contribution in [0.1, 0.15) is 39.0 Å². The molecule has 1 spiro atoms. The number of hydrogen-bond donors (Lipinski definition) is 1. The van der Waals surface area contributed by atoms with Crippen molar-refractivity contribution in [2.75, 3.05) is 31.2 Å². The van der Waals surface area contributed by atoms with E-state index in [4.69, 9.17) is 4.74 Å². The molecule has 0 aromatic heterocycles. The zero-order valence-electron chi connectivity index (χ0n) is 23.1. The number of ether oxygens (including phenoxy) is 1. The van der Waals surface area contributed by atoms with E-state index in [9.17, 15) is 19.5 Å². The van der Waals surface area contributed by atoms with Gasteiger partial charge in [0.2, 0.25) is 5.91 Å². The van der Waals surface area contributed by atoms with Gasteiger partial charge in [0.1, 0.15) is 6.04 Å². The second kappa shape index (κ2) is 11.4. The van der Waals surface area contributed by atoms with Gasteiger partial charge in [0, 0.05) is 30.1 Å². The normalized spacial score (nSPS) is 28.5. The Morgan fingerprint density at radius 1 is 1.15 bits per heavy atom. The van der Waals surface area contributed by atoms with Crippen molar-refractivity contribution in [2.24, 2.45) is 11.8 Å². The van der Waals surface area contributed by atoms with Crippen LogP contribution in [0.2, 0.25) is 0 Å². The molecule has 0 saturated carbocycles. The highest BCUT2D eigenvalue weighted by molar-refractivity contribution is 8.02. The number of carbonyl (C=O) groups is 3. The summed E-state index contributed by atoms with van der Waals surface area (Å²) in [6.07, 6.45) is 6.45. The van der Waals surface area contributed by atoms with Gasteiger partial charge in [-0.25, -0.2) is 0 Å². The van der Waals surface area contributed by atoms with Gasteiger partial charge >= 0.3 is 5.97 Å². The molecule has 212 valence electrons. The Morgan fingerprint density at radius 2 is 1.93 bits per heavy atom. The zero-order valence-corrected chi connectivity index (χ0v) is 23.9. The molecule has 8 heteroatoms. The Kier molecular flexibility index (Phi) is 8.11. The fourth-order valence-electron chi connectivity index (χ4n) is 6.97. The Labute approximate surface area is 240 Å². The topological polar surface area (TPSA) is 87.1 Å². The minimum atomic E-state index is -0.729. The van der Waals surface area contributed by atoms with Crippen molar-refractivity contribution in [3.63, 3.8) is 0 Å². The van der Waals surface area contributed by atoms with Crippen molar-refractivity contribution < 1.29 is 24.2 Å². The second-order valence-electron chi connectivity index (χ2n) is 11.2. The van der Waals surface area contributed by atoms with Gasteiger partial charge < -0.3 is 19.6 Å². The lowest BCUT2D eigenvalue weighted by molar-refractivity contribution is -0.155. The van der Waals surface area contributed by atoms with Crippen LogP contribution < -0.4 is 4.90 Å². The molecule has 2 aromatic rings. The van der Waals surface area contributed by atoms with Crippen LogP contribution in [0.3, 0.4) is 0 Å². The summed E-state index contributed by atoms with van der Waals surface area (Å²) in [5.41, 5.74) is 0.746. The summed E-state index contributed by atoms with van der Waals surface area (Å²) in [6.45, 7) is 10.5. The molecular weight excluding hydrogens is 524 g/mol. The molecule has 7 nitrogen and oxygen atoms in total. The van der Waals surface area contributed by atoms with E-state index in [1.807, 2.05) is 49.4 Å². The number of anilines is 1. The van der Waals surface area contributed by atoms with E-state index < -0.39 is 27.4 Å². The Morgan fingerprint density at radius 3 is 2.65 bits per heavy atom. The maximum absolute atomic E-state index is 14.7. The molecule has 3 heterocycles. The van der Waals surface area contributed by atoms with E-state index in [0.717, 1.165) is 22.9 Å². The molecule has 3 fully saturated rings. The van der Waals surface area contributed by atoms with Gasteiger partial charge in [-0.2, -0.15) is 0 Å². The van der Waals surface area contributed by atoms with E-state index >= 15 is 0 Å². The number of aliphatic hydroxyl groups is 1. The first-order valence-corrected chi connectivity index (χ1v) is 14.9. The van der Waals surface area contributed by atoms with Gasteiger partial charge in [-0.3, -0.25) is 14.4 Å². The highest BCUT2D eigenvalue weighted by Crippen LogP contribution is 2.71. The molecule has 2 aromatic carbocycles. The second-order valence-corrected chi connectivity index (χ2v) is 13.1. The molecule has 3 aliphatic rings. The number of aliphatic hydroxyl groups excluding tert-OH is 1. The van der Waals surface area contributed by atoms with Crippen LogP contribution in [0.4, 0.5) is 5.69 Å². The molecule has 2 unspecified atom stereocenters. The predicted octanol–water partition coefficient (Wildman–Crippen LogP) is 4.73. The van der Waals surface area contributed by atoms with Gasteiger partial charge in [-0.15, -0.1) is 24.9 Å². The number of fused-ring (bicyclic) bond motifs is 2. The number of benzene rings is 2. The number of nitrogens with zero attached hydrogens (tertiary/aromatic N) is 2. The maximum Gasteiger partial charge on any atom is 0.311 e. The average molecular weight is 563 g/mol. The van der Waals surface area contributed by atoms with Crippen LogP contribution in [0.25, 0.3) is 10.8 Å². The summed E-state index contributed by atoms with van der Waals surface area (Å²) in [5.74, 6) is -1.92. The number of rotatable bonds is 12. The summed E-state index contributed by atoms with van der Waals surface area (Å²) in [4.78, 5) is 45.7. The van der Waals surface area contributed by atoms with Crippen LogP contribution in [-0.4, -0.2) is 69.6 Å². The molecule has 2 bridgehead atoms. The highest BCUT2D eigenvalue weighted by atomic mass is 32.2. The van der Waals surface area contributed by atoms with Crippen molar-refractivity contribution in [1.82, 2.24) is 4.90 Å². The lowest BCUT2D eigenvalue weighted by Gasteiger charge is -2.37. The van der Waals surface area contributed by atoms with E-state index in [2.05, 4.69) is 13.2 Å². The van der Waals surface area contributed by atoms with Crippen LogP contribution in [-0.2, 0) is 19.1 Å². The number of esters is 1. The summed E-state index contributed by atoms with van der Waals surface area (Å²) >= 11 is 1.64. The van der Waals surface area contributed by atoms with Gasteiger partial charge in [0.05, 0.1) is 23.2 Å². The molecule has 40 heavy (non-hydrogen) atoms. The fraction of sp³-hybridized carbons (Fsp3) is 0.469. The van der Waals surface area contributed by atoms with Gasteiger partial charge in [-0.05, 0) is 61.9 Å². The molecule has 3 aliphatic heterocycles. The maximum atomic E-state index is 14.7. The molecular formula is C32H38N2O5S. The Balaban J connectivity index is 1.55. The minimum Gasteiger partial charge on any atom is -0.465 e. The monoisotopic (exact) mass is 562 g/mol. The first-order valence-electron chi connectivity index (χ1n) is 14.1. The fourth-order valence-corrected chi connectivity index (χ4v) is 9.31. The van der Waals surface area contributed by atoms with Crippen LogP contribution in [0.15, 0.2) is 67.8 Å². The molecule has 2 amide bonds. The molecule has 5 rings (SSSR count). The number of likely N-dealkylation sites (tertiary alicyclic amines) is 1. The third kappa shape index (κ3) is 4.65. The van der Waals surface area contributed by atoms with Crippen molar-refractivity contribution in [3.8, 4) is 0 Å². The molecule has 5 atom stereocenters. The summed E-state index contributed by atoms with van der Waals surface area (Å²) in [5, 5.41) is 11.5. The molecule has 0 aliphatic carbocycles. The summed E-state index contributed by atoms with van der Waals surface area (Å²) < 4.78 is 4.43. The van der Waals surface area contributed by atoms with E-state index in [0.29, 0.717) is 38.8 Å². The minimum absolute atomic E-state index is 0.0139. The quantitative estimate of drug-likeness (QED) is 0.229. The Hall–Kier alpha value is -3.10. The predicted molar refractivity (Wildman–Crippen MR) is 159 cm³/mol. The smallest absolute Gasteiger partial charge is 0.311 e.